The van der Waals surface area contributed by atoms with E-state index in [2.05, 4.69) is 0 Å². The summed E-state index contributed by atoms with van der Waals surface area (Å²) < 4.78 is 31.2. The fraction of sp³-hybridized carbons (Fsp3) is 0.200. The van der Waals surface area contributed by atoms with Gasteiger partial charge in [-0.15, -0.1) is 11.3 Å². The molecule has 0 saturated carbocycles. The first-order valence-electron chi connectivity index (χ1n) is 6.21. The van der Waals surface area contributed by atoms with E-state index in [9.17, 15) is 8.42 Å². The van der Waals surface area contributed by atoms with Gasteiger partial charge in [-0.25, -0.2) is 8.42 Å². The van der Waals surface area contributed by atoms with Crippen LogP contribution in [0.2, 0.25) is 0 Å². The molecule has 0 radical (unpaired) electrons. The summed E-state index contributed by atoms with van der Waals surface area (Å²) in [6, 6.07) is 10.1. The van der Waals surface area contributed by atoms with Crippen LogP contribution in [0.15, 0.2) is 51.6 Å². The number of ether oxygens (including phenoxy) is 1. The largest absolute Gasteiger partial charge is 0.482 e. The van der Waals surface area contributed by atoms with Crippen molar-refractivity contribution in [2.45, 2.75) is 28.6 Å². The summed E-state index contributed by atoms with van der Waals surface area (Å²) in [5.74, 6) is 0.636. The minimum Gasteiger partial charge on any atom is -0.482 e. The Bertz CT molecular complexity index is 769. The van der Waals surface area contributed by atoms with Gasteiger partial charge in [-0.2, -0.15) is 0 Å². The maximum Gasteiger partial charge on any atom is 0.216 e. The van der Waals surface area contributed by atoms with Crippen LogP contribution in [0.5, 0.6) is 5.75 Å². The van der Waals surface area contributed by atoms with Crippen LogP contribution in [-0.2, 0) is 9.84 Å². The quantitative estimate of drug-likeness (QED) is 0.848. The van der Waals surface area contributed by atoms with Gasteiger partial charge in [0.1, 0.15) is 15.6 Å². The second-order valence-corrected chi connectivity index (χ2v) is 8.41. The van der Waals surface area contributed by atoms with Crippen molar-refractivity contribution in [2.75, 3.05) is 0 Å². The number of hydrogen-bond donors (Lipinski definition) is 0. The van der Waals surface area contributed by atoms with Crippen molar-refractivity contribution in [2.24, 2.45) is 0 Å². The Hall–Kier alpha value is -1.59. The molecule has 0 amide bonds. The van der Waals surface area contributed by atoms with Gasteiger partial charge in [0.15, 0.2) is 0 Å². The smallest absolute Gasteiger partial charge is 0.216 e. The second kappa shape index (κ2) is 4.46. The molecule has 2 heterocycles. The fourth-order valence-electron chi connectivity index (χ4n) is 2.00. The van der Waals surface area contributed by atoms with Crippen molar-refractivity contribution in [3.05, 3.63) is 47.4 Å². The Morgan fingerprint density at radius 3 is 2.55 bits per heavy atom. The topological polar surface area (TPSA) is 43.4 Å². The van der Waals surface area contributed by atoms with E-state index in [0.29, 0.717) is 14.9 Å². The molecule has 0 bridgehead atoms. The number of fused-ring (bicyclic) bond motifs is 1. The van der Waals surface area contributed by atoms with Crippen LogP contribution in [0.4, 0.5) is 0 Å². The van der Waals surface area contributed by atoms with Crippen molar-refractivity contribution in [1.29, 1.82) is 0 Å². The van der Waals surface area contributed by atoms with E-state index in [4.69, 9.17) is 4.74 Å². The summed E-state index contributed by atoms with van der Waals surface area (Å²) in [5.41, 5.74) is -0.401. The molecule has 0 unspecified atom stereocenters. The number of rotatable bonds is 2. The van der Waals surface area contributed by atoms with Crippen LogP contribution in [0.1, 0.15) is 18.7 Å². The van der Waals surface area contributed by atoms with E-state index in [0.717, 1.165) is 4.88 Å². The molecule has 5 heteroatoms. The Morgan fingerprint density at radius 1 is 1.15 bits per heavy atom. The van der Waals surface area contributed by atoms with Crippen LogP contribution < -0.4 is 4.74 Å². The molecule has 1 aromatic carbocycles. The lowest BCUT2D eigenvalue weighted by Crippen LogP contribution is -2.26. The number of benzene rings is 1. The van der Waals surface area contributed by atoms with E-state index in [1.807, 2.05) is 26.0 Å². The van der Waals surface area contributed by atoms with Gasteiger partial charge < -0.3 is 4.74 Å². The highest BCUT2D eigenvalue weighted by atomic mass is 32.2. The molecular weight excluding hydrogens is 292 g/mol. The van der Waals surface area contributed by atoms with E-state index in [-0.39, 0.29) is 0 Å². The average molecular weight is 306 g/mol. The van der Waals surface area contributed by atoms with E-state index < -0.39 is 15.4 Å². The van der Waals surface area contributed by atoms with Crippen molar-refractivity contribution in [3.63, 3.8) is 0 Å². The Morgan fingerprint density at radius 2 is 1.85 bits per heavy atom. The predicted octanol–water partition coefficient (Wildman–Crippen LogP) is 3.77. The normalized spacial score (nSPS) is 16.5. The van der Waals surface area contributed by atoms with Gasteiger partial charge in [-0.3, -0.25) is 0 Å². The zero-order valence-corrected chi connectivity index (χ0v) is 12.8. The lowest BCUT2D eigenvalue weighted by atomic mass is 10.1. The highest BCUT2D eigenvalue weighted by molar-refractivity contribution is 7.93. The zero-order valence-electron chi connectivity index (χ0n) is 11.2. The second-order valence-electron chi connectivity index (χ2n) is 5.15. The summed E-state index contributed by atoms with van der Waals surface area (Å²) in [5, 5.41) is 0. The number of thiophene rings is 1. The summed E-state index contributed by atoms with van der Waals surface area (Å²) in [7, 11) is -3.47. The summed E-state index contributed by atoms with van der Waals surface area (Å²) in [6.45, 7) is 3.88. The third-order valence-corrected chi connectivity index (χ3v) is 6.35. The van der Waals surface area contributed by atoms with E-state index >= 15 is 0 Å². The lowest BCUT2D eigenvalue weighted by molar-refractivity contribution is 0.160. The standard InChI is InChI=1S/C15H14O3S2/c1-15(2)9-8-13-12(18-15)10-14(19-13)20(16,17)11-6-4-3-5-7-11/h3-10H,1-2H3. The highest BCUT2D eigenvalue weighted by Gasteiger charge is 2.27. The molecular formula is C15H14O3S2. The third kappa shape index (κ3) is 2.27. The molecule has 1 aliphatic rings. The maximum absolute atomic E-state index is 12.5. The van der Waals surface area contributed by atoms with Gasteiger partial charge >= 0.3 is 0 Å². The van der Waals surface area contributed by atoms with Crippen LogP contribution >= 0.6 is 11.3 Å². The molecule has 0 N–H and O–H groups in total. The molecule has 0 spiro atoms. The molecule has 0 saturated heterocycles. The molecule has 3 nitrogen and oxygen atoms in total. The first-order chi connectivity index (χ1) is 9.38. The molecule has 0 aliphatic carbocycles. The van der Waals surface area contributed by atoms with Crippen molar-refractivity contribution < 1.29 is 13.2 Å². The minimum atomic E-state index is -3.47. The lowest BCUT2D eigenvalue weighted by Gasteiger charge is -2.25. The molecule has 2 aromatic rings. The predicted molar refractivity (Wildman–Crippen MR) is 80.0 cm³/mol. The molecule has 1 aromatic heterocycles. The van der Waals surface area contributed by atoms with E-state index in [1.165, 1.54) is 11.3 Å². The molecule has 1 aliphatic heterocycles. The van der Waals surface area contributed by atoms with Gasteiger partial charge in [0.05, 0.1) is 9.77 Å². The molecule has 0 fully saturated rings. The monoisotopic (exact) mass is 306 g/mol. The van der Waals surface area contributed by atoms with Crippen LogP contribution in [-0.4, -0.2) is 14.0 Å². The SMILES string of the molecule is CC1(C)C=Cc2sc(S(=O)(=O)c3ccccc3)cc2O1. The summed E-state index contributed by atoms with van der Waals surface area (Å²) in [6.07, 6.45) is 3.86. The highest BCUT2D eigenvalue weighted by Crippen LogP contribution is 2.40. The maximum atomic E-state index is 12.5. The summed E-state index contributed by atoms with van der Waals surface area (Å²) in [4.78, 5) is 1.15. The Kier molecular flexibility index (Phi) is 2.99. The van der Waals surface area contributed by atoms with Crippen molar-refractivity contribution in [1.82, 2.24) is 0 Å². The van der Waals surface area contributed by atoms with Gasteiger partial charge in [-0.05, 0) is 38.1 Å². The fourth-order valence-corrected chi connectivity index (χ4v) is 4.73. The molecule has 104 valence electrons. The van der Waals surface area contributed by atoms with Crippen LogP contribution in [0, 0.1) is 0 Å². The first-order valence-corrected chi connectivity index (χ1v) is 8.51. The van der Waals surface area contributed by atoms with Crippen LogP contribution in [0.3, 0.4) is 0 Å². The van der Waals surface area contributed by atoms with Crippen LogP contribution in [0.25, 0.3) is 6.08 Å². The van der Waals surface area contributed by atoms with Gasteiger partial charge in [0, 0.05) is 6.07 Å². The molecule has 3 rings (SSSR count). The van der Waals surface area contributed by atoms with E-state index in [1.54, 1.807) is 36.4 Å². The third-order valence-electron chi connectivity index (χ3n) is 3.03. The minimum absolute atomic E-state index is 0.307. The van der Waals surface area contributed by atoms with Gasteiger partial charge in [0.2, 0.25) is 9.84 Å². The Labute approximate surface area is 122 Å². The molecule has 20 heavy (non-hydrogen) atoms. The first kappa shape index (κ1) is 13.4. The van der Waals surface area contributed by atoms with Gasteiger partial charge in [-0.1, -0.05) is 18.2 Å². The average Bonchev–Trinajstić information content (AvgIpc) is 2.82. The van der Waals surface area contributed by atoms with Gasteiger partial charge in [0.25, 0.3) is 0 Å². The summed E-state index contributed by atoms with van der Waals surface area (Å²) >= 11 is 1.24. The van der Waals surface area contributed by atoms with Crippen molar-refractivity contribution >= 4 is 27.3 Å². The number of sulfone groups is 1. The van der Waals surface area contributed by atoms with Crippen molar-refractivity contribution in [3.8, 4) is 5.75 Å². The molecule has 0 atom stereocenters. The Balaban J connectivity index is 2.06. The number of hydrogen-bond acceptors (Lipinski definition) is 4. The zero-order chi connectivity index (χ0) is 14.4.